The Bertz CT molecular complexity index is 422. The van der Waals surface area contributed by atoms with Crippen LogP contribution < -0.4 is 4.74 Å². The molecular weight excluding hydrogens is 232 g/mol. The first-order chi connectivity index (χ1) is 8.41. The first-order valence-electron chi connectivity index (χ1n) is 6.11. The van der Waals surface area contributed by atoms with Crippen molar-refractivity contribution in [3.8, 4) is 5.75 Å². The SMILES string of the molecule is CCC(O)(CC)COc1cc(C)ccc1C(=O)O. The van der Waals surface area contributed by atoms with Gasteiger partial charge in [-0.2, -0.15) is 0 Å². The number of carbonyl (C=O) groups is 1. The largest absolute Gasteiger partial charge is 0.490 e. The number of rotatable bonds is 6. The lowest BCUT2D eigenvalue weighted by Gasteiger charge is -2.25. The zero-order chi connectivity index (χ0) is 13.8. The van der Waals surface area contributed by atoms with Crippen molar-refractivity contribution in [2.24, 2.45) is 0 Å². The monoisotopic (exact) mass is 252 g/mol. The maximum Gasteiger partial charge on any atom is 0.339 e. The lowest BCUT2D eigenvalue weighted by Crippen LogP contribution is -2.34. The van der Waals surface area contributed by atoms with Gasteiger partial charge in [0.25, 0.3) is 0 Å². The summed E-state index contributed by atoms with van der Waals surface area (Å²) < 4.78 is 5.50. The van der Waals surface area contributed by atoms with Gasteiger partial charge in [0.1, 0.15) is 17.9 Å². The molecule has 0 aliphatic carbocycles. The molecule has 0 saturated heterocycles. The van der Waals surface area contributed by atoms with Crippen LogP contribution in [0.25, 0.3) is 0 Å². The molecule has 0 aliphatic heterocycles. The van der Waals surface area contributed by atoms with Gasteiger partial charge in [0, 0.05) is 0 Å². The van der Waals surface area contributed by atoms with E-state index in [9.17, 15) is 9.90 Å². The summed E-state index contributed by atoms with van der Waals surface area (Å²) in [6.07, 6.45) is 1.13. The minimum absolute atomic E-state index is 0.101. The van der Waals surface area contributed by atoms with E-state index in [4.69, 9.17) is 9.84 Å². The highest BCUT2D eigenvalue weighted by Gasteiger charge is 2.24. The van der Waals surface area contributed by atoms with E-state index < -0.39 is 11.6 Å². The van der Waals surface area contributed by atoms with Gasteiger partial charge in [-0.15, -0.1) is 0 Å². The van der Waals surface area contributed by atoms with Gasteiger partial charge in [0.15, 0.2) is 0 Å². The van der Waals surface area contributed by atoms with Crippen LogP contribution >= 0.6 is 0 Å². The molecule has 0 saturated carbocycles. The summed E-state index contributed by atoms with van der Waals surface area (Å²) in [5.74, 6) is -0.718. The number of benzene rings is 1. The number of carboxylic acids is 1. The van der Waals surface area contributed by atoms with Crippen molar-refractivity contribution in [3.05, 3.63) is 29.3 Å². The molecule has 0 unspecified atom stereocenters. The van der Waals surface area contributed by atoms with Crippen molar-refractivity contribution in [1.29, 1.82) is 0 Å². The molecular formula is C14H20O4. The second-order valence-corrected chi connectivity index (χ2v) is 4.52. The van der Waals surface area contributed by atoms with Crippen molar-refractivity contribution < 1.29 is 19.7 Å². The van der Waals surface area contributed by atoms with Gasteiger partial charge in [-0.05, 0) is 37.5 Å². The molecule has 0 amide bonds. The number of hydrogen-bond donors (Lipinski definition) is 2. The van der Waals surface area contributed by atoms with E-state index in [-0.39, 0.29) is 12.2 Å². The highest BCUT2D eigenvalue weighted by Crippen LogP contribution is 2.23. The Balaban J connectivity index is 2.90. The fourth-order valence-corrected chi connectivity index (χ4v) is 1.59. The molecule has 100 valence electrons. The molecule has 1 aromatic carbocycles. The molecule has 1 aromatic rings. The fourth-order valence-electron chi connectivity index (χ4n) is 1.59. The summed E-state index contributed by atoms with van der Waals surface area (Å²) in [6, 6.07) is 4.92. The molecule has 0 aliphatic rings. The van der Waals surface area contributed by atoms with E-state index in [1.165, 1.54) is 6.07 Å². The number of carboxylic acid groups (broad SMARTS) is 1. The van der Waals surface area contributed by atoms with Crippen LogP contribution in [-0.2, 0) is 0 Å². The van der Waals surface area contributed by atoms with Crippen LogP contribution in [0.15, 0.2) is 18.2 Å². The lowest BCUT2D eigenvalue weighted by molar-refractivity contribution is -0.0117. The Morgan fingerprint density at radius 2 is 1.94 bits per heavy atom. The highest BCUT2D eigenvalue weighted by atomic mass is 16.5. The van der Waals surface area contributed by atoms with E-state index in [1.54, 1.807) is 12.1 Å². The molecule has 4 heteroatoms. The lowest BCUT2D eigenvalue weighted by atomic mass is 9.99. The number of aliphatic hydroxyl groups is 1. The van der Waals surface area contributed by atoms with Crippen molar-refractivity contribution in [3.63, 3.8) is 0 Å². The van der Waals surface area contributed by atoms with E-state index in [0.717, 1.165) is 5.56 Å². The van der Waals surface area contributed by atoms with Crippen LogP contribution in [0, 0.1) is 6.92 Å². The number of aromatic carboxylic acids is 1. The molecule has 0 heterocycles. The average Bonchev–Trinajstić information content (AvgIpc) is 2.35. The zero-order valence-corrected chi connectivity index (χ0v) is 11.1. The smallest absolute Gasteiger partial charge is 0.339 e. The van der Waals surface area contributed by atoms with E-state index >= 15 is 0 Å². The van der Waals surface area contributed by atoms with Crippen molar-refractivity contribution in [1.82, 2.24) is 0 Å². The first-order valence-corrected chi connectivity index (χ1v) is 6.11. The molecule has 2 N–H and O–H groups in total. The summed E-state index contributed by atoms with van der Waals surface area (Å²) in [5.41, 5.74) is 0.140. The number of aryl methyl sites for hydroxylation is 1. The predicted octanol–water partition coefficient (Wildman–Crippen LogP) is 2.62. The minimum atomic E-state index is -1.03. The van der Waals surface area contributed by atoms with E-state index in [1.807, 2.05) is 20.8 Å². The Morgan fingerprint density at radius 1 is 1.33 bits per heavy atom. The van der Waals surface area contributed by atoms with Crippen molar-refractivity contribution in [2.45, 2.75) is 39.2 Å². The second-order valence-electron chi connectivity index (χ2n) is 4.52. The van der Waals surface area contributed by atoms with E-state index in [2.05, 4.69) is 0 Å². The first kappa shape index (κ1) is 14.5. The van der Waals surface area contributed by atoms with Crippen LogP contribution in [-0.4, -0.2) is 28.4 Å². The predicted molar refractivity (Wildman–Crippen MR) is 69.2 cm³/mol. The standard InChI is InChI=1S/C14H20O4/c1-4-14(17,5-2)9-18-12-8-10(3)6-7-11(12)13(15)16/h6-8,17H,4-5,9H2,1-3H3,(H,15,16). The quantitative estimate of drug-likeness (QED) is 0.816. The third-order valence-electron chi connectivity index (χ3n) is 3.18. The van der Waals surface area contributed by atoms with Gasteiger partial charge in [0.2, 0.25) is 0 Å². The Hall–Kier alpha value is -1.55. The van der Waals surface area contributed by atoms with Crippen molar-refractivity contribution >= 4 is 5.97 Å². The Labute approximate surface area is 107 Å². The maximum atomic E-state index is 11.1. The second kappa shape index (κ2) is 5.87. The van der Waals surface area contributed by atoms with Gasteiger partial charge in [-0.25, -0.2) is 4.79 Å². The molecule has 0 spiro atoms. The third kappa shape index (κ3) is 3.47. The molecule has 0 atom stereocenters. The average molecular weight is 252 g/mol. The van der Waals surface area contributed by atoms with Gasteiger partial charge in [-0.1, -0.05) is 19.9 Å². The van der Waals surface area contributed by atoms with Gasteiger partial charge in [0.05, 0.1) is 5.60 Å². The van der Waals surface area contributed by atoms with Gasteiger partial charge < -0.3 is 14.9 Å². The highest BCUT2D eigenvalue weighted by molar-refractivity contribution is 5.90. The molecule has 1 rings (SSSR count). The van der Waals surface area contributed by atoms with Crippen LogP contribution in [0.5, 0.6) is 5.75 Å². The molecule has 0 radical (unpaired) electrons. The molecule has 0 fully saturated rings. The number of ether oxygens (including phenoxy) is 1. The summed E-state index contributed by atoms with van der Waals surface area (Å²) in [4.78, 5) is 11.1. The fraction of sp³-hybridized carbons (Fsp3) is 0.500. The number of hydrogen-bond acceptors (Lipinski definition) is 3. The molecule has 0 aromatic heterocycles. The van der Waals surface area contributed by atoms with Crippen molar-refractivity contribution in [2.75, 3.05) is 6.61 Å². The van der Waals surface area contributed by atoms with Gasteiger partial charge >= 0.3 is 5.97 Å². The zero-order valence-electron chi connectivity index (χ0n) is 11.1. The third-order valence-corrected chi connectivity index (χ3v) is 3.18. The van der Waals surface area contributed by atoms with Crippen LogP contribution in [0.1, 0.15) is 42.6 Å². The summed E-state index contributed by atoms with van der Waals surface area (Å²) >= 11 is 0. The van der Waals surface area contributed by atoms with Crippen LogP contribution in [0.2, 0.25) is 0 Å². The van der Waals surface area contributed by atoms with Crippen LogP contribution in [0.3, 0.4) is 0 Å². The molecule has 18 heavy (non-hydrogen) atoms. The van der Waals surface area contributed by atoms with Gasteiger partial charge in [-0.3, -0.25) is 0 Å². The summed E-state index contributed by atoms with van der Waals surface area (Å²) in [5, 5.41) is 19.2. The normalized spacial score (nSPS) is 11.3. The van der Waals surface area contributed by atoms with Crippen LogP contribution in [0.4, 0.5) is 0 Å². The summed E-state index contributed by atoms with van der Waals surface area (Å²) in [6.45, 7) is 5.72. The minimum Gasteiger partial charge on any atom is -0.490 e. The Kier molecular flexibility index (Phi) is 4.73. The topological polar surface area (TPSA) is 66.8 Å². The molecule has 4 nitrogen and oxygen atoms in total. The van der Waals surface area contributed by atoms with E-state index in [0.29, 0.717) is 18.6 Å². The Morgan fingerprint density at radius 3 is 2.44 bits per heavy atom. The maximum absolute atomic E-state index is 11.1. The molecule has 0 bridgehead atoms. The summed E-state index contributed by atoms with van der Waals surface area (Å²) in [7, 11) is 0.